The zero-order valence-corrected chi connectivity index (χ0v) is 12.5. The molecule has 110 valence electrons. The summed E-state index contributed by atoms with van der Waals surface area (Å²) in [5, 5.41) is 11.4. The van der Waals surface area contributed by atoms with Gasteiger partial charge in [0.25, 0.3) is 15.7 Å². The summed E-state index contributed by atoms with van der Waals surface area (Å²) in [7, 11) is -3.91. The first kappa shape index (κ1) is 15.3. The van der Waals surface area contributed by atoms with Crippen LogP contribution in [0, 0.1) is 17.0 Å². The summed E-state index contributed by atoms with van der Waals surface area (Å²) < 4.78 is 26.6. The first-order valence-electron chi connectivity index (χ1n) is 5.83. The Morgan fingerprint density at radius 3 is 2.33 bits per heavy atom. The van der Waals surface area contributed by atoms with Crippen molar-refractivity contribution in [2.24, 2.45) is 0 Å². The molecule has 21 heavy (non-hydrogen) atoms. The van der Waals surface area contributed by atoms with Crippen LogP contribution < -0.4 is 4.72 Å². The molecule has 0 unspecified atom stereocenters. The second-order valence-electron chi connectivity index (χ2n) is 4.34. The van der Waals surface area contributed by atoms with Gasteiger partial charge in [0.2, 0.25) is 0 Å². The van der Waals surface area contributed by atoms with E-state index in [1.54, 1.807) is 13.0 Å². The van der Waals surface area contributed by atoms with Crippen LogP contribution in [-0.4, -0.2) is 13.3 Å². The van der Waals surface area contributed by atoms with Crippen LogP contribution in [-0.2, 0) is 10.0 Å². The van der Waals surface area contributed by atoms with Crippen LogP contribution in [0.5, 0.6) is 0 Å². The Balaban J connectivity index is 2.41. The molecule has 0 aliphatic carbocycles. The van der Waals surface area contributed by atoms with E-state index in [0.717, 1.165) is 0 Å². The summed E-state index contributed by atoms with van der Waals surface area (Å²) >= 11 is 5.70. The fraction of sp³-hybridized carbons (Fsp3) is 0.0769. The molecule has 0 saturated carbocycles. The van der Waals surface area contributed by atoms with Gasteiger partial charge in [0.1, 0.15) is 5.69 Å². The number of nitro benzene ring substituents is 1. The van der Waals surface area contributed by atoms with Crippen LogP contribution in [0.15, 0.2) is 47.4 Å². The third-order valence-electron chi connectivity index (χ3n) is 2.72. The van der Waals surface area contributed by atoms with Gasteiger partial charge in [-0.15, -0.1) is 0 Å². The van der Waals surface area contributed by atoms with Crippen molar-refractivity contribution in [2.45, 2.75) is 11.8 Å². The number of hydrogen-bond acceptors (Lipinski definition) is 4. The Kier molecular flexibility index (Phi) is 4.15. The minimum atomic E-state index is -3.91. The second-order valence-corrected chi connectivity index (χ2v) is 6.46. The van der Waals surface area contributed by atoms with E-state index >= 15 is 0 Å². The molecule has 0 amide bonds. The number of nitrogens with zero attached hydrogens (tertiary/aromatic N) is 1. The molecule has 2 rings (SSSR count). The molecule has 0 atom stereocenters. The maximum atomic E-state index is 12.2. The minimum Gasteiger partial charge on any atom is -0.273 e. The quantitative estimate of drug-likeness (QED) is 0.689. The van der Waals surface area contributed by atoms with Gasteiger partial charge in [-0.3, -0.25) is 14.8 Å². The first-order chi connectivity index (χ1) is 9.79. The molecule has 0 aliphatic heterocycles. The lowest BCUT2D eigenvalue weighted by molar-refractivity contribution is -0.383. The topological polar surface area (TPSA) is 89.3 Å². The number of hydrogen-bond donors (Lipinski definition) is 1. The highest BCUT2D eigenvalue weighted by atomic mass is 35.5. The van der Waals surface area contributed by atoms with Gasteiger partial charge in [-0.1, -0.05) is 17.7 Å². The van der Waals surface area contributed by atoms with Crippen LogP contribution in [0.1, 0.15) is 5.56 Å². The van der Waals surface area contributed by atoms with Crippen molar-refractivity contribution in [3.05, 3.63) is 63.2 Å². The summed E-state index contributed by atoms with van der Waals surface area (Å²) in [6.07, 6.45) is 0. The van der Waals surface area contributed by atoms with Crippen molar-refractivity contribution in [3.63, 3.8) is 0 Å². The van der Waals surface area contributed by atoms with Crippen molar-refractivity contribution in [1.82, 2.24) is 0 Å². The van der Waals surface area contributed by atoms with Gasteiger partial charge in [-0.05, 0) is 42.8 Å². The Bertz CT molecular complexity index is 788. The van der Waals surface area contributed by atoms with Crippen LogP contribution in [0.25, 0.3) is 0 Å². The predicted octanol–water partition coefficient (Wildman–Crippen LogP) is 3.36. The van der Waals surface area contributed by atoms with Gasteiger partial charge < -0.3 is 0 Å². The highest BCUT2D eigenvalue weighted by Gasteiger charge is 2.20. The SMILES string of the molecule is Cc1ccc(NS(=O)(=O)c2ccc(Cl)cc2)c([N+](=O)[O-])c1. The van der Waals surface area contributed by atoms with E-state index < -0.39 is 14.9 Å². The predicted molar refractivity (Wildman–Crippen MR) is 80.1 cm³/mol. The van der Waals surface area contributed by atoms with Gasteiger partial charge in [0.05, 0.1) is 9.82 Å². The van der Waals surface area contributed by atoms with Gasteiger partial charge >= 0.3 is 0 Å². The Labute approximate surface area is 126 Å². The van der Waals surface area contributed by atoms with Gasteiger partial charge in [0, 0.05) is 11.1 Å². The first-order valence-corrected chi connectivity index (χ1v) is 7.69. The van der Waals surface area contributed by atoms with Gasteiger partial charge in [-0.25, -0.2) is 8.42 Å². The summed E-state index contributed by atoms with van der Waals surface area (Å²) in [6.45, 7) is 1.68. The van der Waals surface area contributed by atoms with Crippen molar-refractivity contribution in [1.29, 1.82) is 0 Å². The molecular weight excluding hydrogens is 316 g/mol. The standard InChI is InChI=1S/C13H11ClN2O4S/c1-9-2-7-12(13(8-9)16(17)18)15-21(19,20)11-5-3-10(14)4-6-11/h2-8,15H,1H3. The summed E-state index contributed by atoms with van der Waals surface area (Å²) in [6, 6.07) is 9.77. The van der Waals surface area contributed by atoms with E-state index in [4.69, 9.17) is 11.6 Å². The molecule has 2 aromatic carbocycles. The fourth-order valence-corrected chi connectivity index (χ4v) is 2.90. The normalized spacial score (nSPS) is 11.1. The van der Waals surface area contributed by atoms with Crippen LogP contribution in [0.3, 0.4) is 0 Å². The molecule has 0 spiro atoms. The molecular formula is C13H11ClN2O4S. The molecule has 0 saturated heterocycles. The van der Waals surface area contributed by atoms with E-state index in [-0.39, 0.29) is 16.3 Å². The van der Waals surface area contributed by atoms with Gasteiger partial charge in [0.15, 0.2) is 0 Å². The van der Waals surface area contributed by atoms with E-state index in [0.29, 0.717) is 10.6 Å². The number of rotatable bonds is 4. The lowest BCUT2D eigenvalue weighted by atomic mass is 10.2. The molecule has 8 heteroatoms. The molecule has 0 aromatic heterocycles. The number of halogens is 1. The van der Waals surface area contributed by atoms with E-state index in [9.17, 15) is 18.5 Å². The van der Waals surface area contributed by atoms with Crippen LogP contribution in [0.4, 0.5) is 11.4 Å². The molecule has 0 fully saturated rings. The highest BCUT2D eigenvalue weighted by molar-refractivity contribution is 7.92. The smallest absolute Gasteiger partial charge is 0.273 e. The lowest BCUT2D eigenvalue weighted by Gasteiger charge is -2.09. The molecule has 0 bridgehead atoms. The third-order valence-corrected chi connectivity index (χ3v) is 4.35. The van der Waals surface area contributed by atoms with Crippen molar-refractivity contribution in [2.75, 3.05) is 4.72 Å². The summed E-state index contributed by atoms with van der Waals surface area (Å²) in [5.74, 6) is 0. The van der Waals surface area contributed by atoms with Crippen LogP contribution >= 0.6 is 11.6 Å². The Morgan fingerprint density at radius 1 is 1.14 bits per heavy atom. The van der Waals surface area contributed by atoms with Crippen molar-refractivity contribution >= 4 is 33.0 Å². The number of aryl methyl sites for hydroxylation is 1. The van der Waals surface area contributed by atoms with Crippen molar-refractivity contribution in [3.8, 4) is 0 Å². The van der Waals surface area contributed by atoms with Gasteiger partial charge in [-0.2, -0.15) is 0 Å². The summed E-state index contributed by atoms with van der Waals surface area (Å²) in [4.78, 5) is 10.3. The highest BCUT2D eigenvalue weighted by Crippen LogP contribution is 2.28. The maximum absolute atomic E-state index is 12.2. The summed E-state index contributed by atoms with van der Waals surface area (Å²) in [5.41, 5.74) is 0.282. The minimum absolute atomic E-state index is 0.0261. The average Bonchev–Trinajstić information content (AvgIpc) is 2.41. The second kappa shape index (κ2) is 5.71. The molecule has 0 heterocycles. The monoisotopic (exact) mass is 326 g/mol. The Morgan fingerprint density at radius 2 is 1.76 bits per heavy atom. The number of anilines is 1. The number of sulfonamides is 1. The average molecular weight is 327 g/mol. The number of benzene rings is 2. The largest absolute Gasteiger partial charge is 0.293 e. The number of nitro groups is 1. The van der Waals surface area contributed by atoms with Crippen LogP contribution in [0.2, 0.25) is 5.02 Å². The zero-order valence-electron chi connectivity index (χ0n) is 10.9. The lowest BCUT2D eigenvalue weighted by Crippen LogP contribution is -2.14. The van der Waals surface area contributed by atoms with E-state index in [1.165, 1.54) is 36.4 Å². The molecule has 2 aromatic rings. The molecule has 1 N–H and O–H groups in total. The molecule has 0 aliphatic rings. The molecule has 0 radical (unpaired) electrons. The Hall–Kier alpha value is -2.12. The van der Waals surface area contributed by atoms with Crippen molar-refractivity contribution < 1.29 is 13.3 Å². The van der Waals surface area contributed by atoms with E-state index in [2.05, 4.69) is 4.72 Å². The fourth-order valence-electron chi connectivity index (χ4n) is 1.70. The molecule has 6 nitrogen and oxygen atoms in total. The zero-order chi connectivity index (χ0) is 15.6. The van der Waals surface area contributed by atoms with E-state index in [1.807, 2.05) is 0 Å². The number of nitrogens with one attached hydrogen (secondary N) is 1. The third kappa shape index (κ3) is 3.50. The maximum Gasteiger partial charge on any atom is 0.293 e.